The lowest BCUT2D eigenvalue weighted by atomic mass is 9.81. The first-order valence-electron chi connectivity index (χ1n) is 5.87. The zero-order chi connectivity index (χ0) is 12.2. The van der Waals surface area contributed by atoms with Gasteiger partial charge in [-0.3, -0.25) is 0 Å². The first-order chi connectivity index (χ1) is 7.42. The third-order valence-corrected chi connectivity index (χ3v) is 4.11. The Hall–Kier alpha value is -0.0900. The molecular formula is C14H22IN. The maximum absolute atomic E-state index is 3.54. The highest BCUT2D eigenvalue weighted by Gasteiger charge is 2.21. The molecule has 0 aliphatic rings. The van der Waals surface area contributed by atoms with Crippen molar-refractivity contribution in [3.8, 4) is 0 Å². The third kappa shape index (κ3) is 4.42. The molecule has 0 heterocycles. The lowest BCUT2D eigenvalue weighted by Crippen LogP contribution is -2.33. The molecule has 0 bridgehead atoms. The van der Waals surface area contributed by atoms with Crippen molar-refractivity contribution in [3.05, 3.63) is 33.4 Å². The van der Waals surface area contributed by atoms with Crippen molar-refractivity contribution >= 4 is 22.6 Å². The summed E-state index contributed by atoms with van der Waals surface area (Å²) in [6.45, 7) is 11.2. The van der Waals surface area contributed by atoms with Crippen LogP contribution in [0.1, 0.15) is 33.3 Å². The fourth-order valence-corrected chi connectivity index (χ4v) is 1.69. The SMILES string of the molecule is CC(C)C(C)(C)CNCc1ccc(I)cc1. The molecule has 16 heavy (non-hydrogen) atoms. The van der Waals surface area contributed by atoms with E-state index in [1.807, 2.05) is 0 Å². The number of hydrogen-bond acceptors (Lipinski definition) is 1. The van der Waals surface area contributed by atoms with E-state index in [9.17, 15) is 0 Å². The Bertz CT molecular complexity index is 314. The van der Waals surface area contributed by atoms with Crippen LogP contribution in [-0.4, -0.2) is 6.54 Å². The van der Waals surface area contributed by atoms with E-state index in [-0.39, 0.29) is 0 Å². The van der Waals surface area contributed by atoms with Gasteiger partial charge in [0, 0.05) is 16.7 Å². The molecule has 0 fully saturated rings. The van der Waals surface area contributed by atoms with Crippen molar-refractivity contribution in [1.82, 2.24) is 5.32 Å². The smallest absolute Gasteiger partial charge is 0.0205 e. The summed E-state index contributed by atoms with van der Waals surface area (Å²) in [5.74, 6) is 0.705. The third-order valence-electron chi connectivity index (χ3n) is 3.39. The summed E-state index contributed by atoms with van der Waals surface area (Å²) >= 11 is 2.34. The van der Waals surface area contributed by atoms with Crippen LogP contribution in [0.4, 0.5) is 0 Å². The number of hydrogen-bond donors (Lipinski definition) is 1. The van der Waals surface area contributed by atoms with Crippen LogP contribution in [0, 0.1) is 14.9 Å². The summed E-state index contributed by atoms with van der Waals surface area (Å²) in [7, 11) is 0. The number of halogens is 1. The van der Waals surface area contributed by atoms with Crippen LogP contribution in [0.3, 0.4) is 0 Å². The van der Waals surface area contributed by atoms with Crippen LogP contribution in [-0.2, 0) is 6.54 Å². The van der Waals surface area contributed by atoms with Crippen LogP contribution >= 0.6 is 22.6 Å². The zero-order valence-corrected chi connectivity index (χ0v) is 12.8. The fourth-order valence-electron chi connectivity index (χ4n) is 1.34. The maximum Gasteiger partial charge on any atom is 0.0205 e. The summed E-state index contributed by atoms with van der Waals surface area (Å²) in [5, 5.41) is 3.54. The molecule has 1 N–H and O–H groups in total. The molecule has 1 rings (SSSR count). The van der Waals surface area contributed by atoms with Crippen molar-refractivity contribution in [2.75, 3.05) is 6.54 Å². The Morgan fingerprint density at radius 2 is 1.75 bits per heavy atom. The highest BCUT2D eigenvalue weighted by Crippen LogP contribution is 2.24. The molecule has 90 valence electrons. The average molecular weight is 331 g/mol. The molecule has 1 aromatic rings. The average Bonchev–Trinajstić information content (AvgIpc) is 2.20. The van der Waals surface area contributed by atoms with Crippen LogP contribution in [0.2, 0.25) is 0 Å². The van der Waals surface area contributed by atoms with Gasteiger partial charge in [-0.25, -0.2) is 0 Å². The van der Waals surface area contributed by atoms with Gasteiger partial charge in [-0.05, 0) is 51.6 Å². The van der Waals surface area contributed by atoms with Gasteiger partial charge in [0.15, 0.2) is 0 Å². The minimum Gasteiger partial charge on any atom is -0.312 e. The lowest BCUT2D eigenvalue weighted by Gasteiger charge is -2.29. The van der Waals surface area contributed by atoms with Crippen molar-refractivity contribution in [3.63, 3.8) is 0 Å². The molecule has 0 saturated heterocycles. The summed E-state index contributed by atoms with van der Waals surface area (Å²) in [4.78, 5) is 0. The van der Waals surface area contributed by atoms with Gasteiger partial charge in [0.2, 0.25) is 0 Å². The second-order valence-corrected chi connectivity index (χ2v) is 6.62. The van der Waals surface area contributed by atoms with Crippen LogP contribution in [0.15, 0.2) is 24.3 Å². The highest BCUT2D eigenvalue weighted by atomic mass is 127. The van der Waals surface area contributed by atoms with E-state index in [1.165, 1.54) is 9.13 Å². The monoisotopic (exact) mass is 331 g/mol. The van der Waals surface area contributed by atoms with Crippen molar-refractivity contribution in [2.45, 2.75) is 34.2 Å². The quantitative estimate of drug-likeness (QED) is 0.802. The predicted octanol–water partition coefficient (Wildman–Crippen LogP) is 4.06. The van der Waals surface area contributed by atoms with E-state index in [4.69, 9.17) is 0 Å². The molecule has 0 aliphatic carbocycles. The molecule has 0 spiro atoms. The molecule has 1 aromatic carbocycles. The predicted molar refractivity (Wildman–Crippen MR) is 79.5 cm³/mol. The molecule has 2 heteroatoms. The van der Waals surface area contributed by atoms with Crippen LogP contribution < -0.4 is 5.32 Å². The van der Waals surface area contributed by atoms with E-state index >= 15 is 0 Å². The van der Waals surface area contributed by atoms with Gasteiger partial charge >= 0.3 is 0 Å². The van der Waals surface area contributed by atoms with Gasteiger partial charge in [-0.1, -0.05) is 39.8 Å². The van der Waals surface area contributed by atoms with E-state index in [0.717, 1.165) is 13.1 Å². The van der Waals surface area contributed by atoms with E-state index in [1.54, 1.807) is 0 Å². The standard InChI is InChI=1S/C14H22IN/c1-11(2)14(3,4)10-16-9-12-5-7-13(15)8-6-12/h5-8,11,16H,9-10H2,1-4H3. The Kier molecular flexibility index (Phi) is 5.25. The molecule has 1 nitrogen and oxygen atoms in total. The van der Waals surface area contributed by atoms with Gasteiger partial charge in [0.1, 0.15) is 0 Å². The Balaban J connectivity index is 2.39. The summed E-state index contributed by atoms with van der Waals surface area (Å²) in [5.41, 5.74) is 1.73. The van der Waals surface area contributed by atoms with E-state index < -0.39 is 0 Å². The van der Waals surface area contributed by atoms with Crippen LogP contribution in [0.5, 0.6) is 0 Å². The maximum atomic E-state index is 3.54. The van der Waals surface area contributed by atoms with Gasteiger partial charge < -0.3 is 5.32 Å². The van der Waals surface area contributed by atoms with Crippen molar-refractivity contribution < 1.29 is 0 Å². The zero-order valence-electron chi connectivity index (χ0n) is 10.7. The number of rotatable bonds is 5. The second kappa shape index (κ2) is 6.01. The Morgan fingerprint density at radius 1 is 1.19 bits per heavy atom. The molecule has 0 aromatic heterocycles. The minimum absolute atomic E-state index is 0.364. The lowest BCUT2D eigenvalue weighted by molar-refractivity contribution is 0.238. The fraction of sp³-hybridized carbons (Fsp3) is 0.571. The van der Waals surface area contributed by atoms with Gasteiger partial charge in [-0.2, -0.15) is 0 Å². The van der Waals surface area contributed by atoms with E-state index in [0.29, 0.717) is 11.3 Å². The van der Waals surface area contributed by atoms with Gasteiger partial charge in [0.25, 0.3) is 0 Å². The largest absolute Gasteiger partial charge is 0.312 e. The minimum atomic E-state index is 0.364. The van der Waals surface area contributed by atoms with Gasteiger partial charge in [-0.15, -0.1) is 0 Å². The number of benzene rings is 1. The summed E-state index contributed by atoms with van der Waals surface area (Å²) < 4.78 is 1.30. The summed E-state index contributed by atoms with van der Waals surface area (Å²) in [6.07, 6.45) is 0. The first-order valence-corrected chi connectivity index (χ1v) is 6.95. The molecule has 0 unspecified atom stereocenters. The molecule has 0 atom stereocenters. The Morgan fingerprint density at radius 3 is 2.25 bits per heavy atom. The molecule has 0 saturated carbocycles. The second-order valence-electron chi connectivity index (χ2n) is 5.37. The highest BCUT2D eigenvalue weighted by molar-refractivity contribution is 14.1. The van der Waals surface area contributed by atoms with E-state index in [2.05, 4.69) is 79.9 Å². The molecule has 0 amide bonds. The summed E-state index contributed by atoms with van der Waals surface area (Å²) in [6, 6.07) is 8.70. The molecule has 0 aliphatic heterocycles. The van der Waals surface area contributed by atoms with Crippen molar-refractivity contribution in [1.29, 1.82) is 0 Å². The topological polar surface area (TPSA) is 12.0 Å². The van der Waals surface area contributed by atoms with Crippen LogP contribution in [0.25, 0.3) is 0 Å². The van der Waals surface area contributed by atoms with Gasteiger partial charge in [0.05, 0.1) is 0 Å². The molecule has 0 radical (unpaired) electrons. The number of nitrogens with one attached hydrogen (secondary N) is 1. The first kappa shape index (κ1) is 14.0. The Labute approximate surface area is 113 Å². The normalized spacial score (nSPS) is 12.1. The van der Waals surface area contributed by atoms with Crippen molar-refractivity contribution in [2.24, 2.45) is 11.3 Å². The molecular weight excluding hydrogens is 309 g/mol.